The lowest BCUT2D eigenvalue weighted by molar-refractivity contribution is -0.202. The number of rotatable bonds is 2. The first-order valence-electron chi connectivity index (χ1n) is 11.2. The van der Waals surface area contributed by atoms with Gasteiger partial charge in [-0.25, -0.2) is 0 Å². The van der Waals surface area contributed by atoms with Gasteiger partial charge in [0.15, 0.2) is 22.7 Å². The Bertz CT molecular complexity index is 1260. The molecular formula is C26H27NO5. The van der Waals surface area contributed by atoms with Crippen LogP contribution in [0.15, 0.2) is 36.4 Å². The van der Waals surface area contributed by atoms with E-state index in [2.05, 4.69) is 37.1 Å². The van der Waals surface area contributed by atoms with Crippen molar-refractivity contribution < 1.29 is 24.4 Å². The Kier molecular flexibility index (Phi) is 3.10. The van der Waals surface area contributed by atoms with E-state index in [0.717, 1.165) is 30.7 Å². The van der Waals surface area contributed by atoms with Crippen LogP contribution in [0.1, 0.15) is 35.6 Å². The summed E-state index contributed by atoms with van der Waals surface area (Å²) in [6, 6.07) is 7.44. The maximum absolute atomic E-state index is 11.3. The molecule has 0 amide bonds. The van der Waals surface area contributed by atoms with Gasteiger partial charge in [-0.05, 0) is 63.2 Å². The zero-order chi connectivity index (χ0) is 22.3. The molecule has 0 saturated carbocycles. The number of benzene rings is 2. The van der Waals surface area contributed by atoms with Crippen molar-refractivity contribution in [2.45, 2.75) is 47.8 Å². The van der Waals surface area contributed by atoms with Crippen LogP contribution in [0.2, 0.25) is 0 Å². The fourth-order valence-electron chi connectivity index (χ4n) is 8.44. The van der Waals surface area contributed by atoms with Gasteiger partial charge >= 0.3 is 0 Å². The summed E-state index contributed by atoms with van der Waals surface area (Å²) in [5.74, 6) is 1.81. The first-order chi connectivity index (χ1) is 15.3. The molecule has 5 atom stereocenters. The molecule has 166 valence electrons. The number of hydrogen-bond acceptors (Lipinski definition) is 6. The van der Waals surface area contributed by atoms with Crippen molar-refractivity contribution >= 4 is 0 Å². The molecule has 32 heavy (non-hydrogen) atoms. The highest BCUT2D eigenvalue weighted by atomic mass is 16.6. The van der Waals surface area contributed by atoms with Gasteiger partial charge in [-0.1, -0.05) is 12.1 Å². The number of likely N-dealkylation sites (tertiary alicyclic amines) is 1. The van der Waals surface area contributed by atoms with Gasteiger partial charge in [0.1, 0.15) is 11.5 Å². The zero-order valence-corrected chi connectivity index (χ0v) is 18.7. The van der Waals surface area contributed by atoms with Crippen molar-refractivity contribution in [3.63, 3.8) is 0 Å². The number of hydrogen-bond donors (Lipinski definition) is 2. The topological polar surface area (TPSA) is 71.4 Å². The molecule has 6 nitrogen and oxygen atoms in total. The summed E-state index contributed by atoms with van der Waals surface area (Å²) in [4.78, 5) is 2.40. The van der Waals surface area contributed by atoms with Crippen LogP contribution >= 0.6 is 0 Å². The smallest absolute Gasteiger partial charge is 0.166 e. The monoisotopic (exact) mass is 433 g/mol. The SMILES string of the molecule is COc1ccc2c3c1O[C@@]1(C)[C@]34CCN(C)[C@H](C2)[C@]42C=C[C@@]1(OC)c1c(O)ccc(O)c12. The van der Waals surface area contributed by atoms with Crippen LogP contribution in [0.3, 0.4) is 0 Å². The number of likely N-dealkylation sites (N-methyl/N-ethyl adjacent to an activating group) is 1. The number of phenols is 2. The lowest BCUT2D eigenvalue weighted by Gasteiger charge is -2.72. The maximum Gasteiger partial charge on any atom is 0.166 e. The van der Waals surface area contributed by atoms with Crippen LogP contribution in [0.25, 0.3) is 0 Å². The van der Waals surface area contributed by atoms with Crippen molar-refractivity contribution in [3.05, 3.63) is 58.7 Å². The molecule has 0 unspecified atom stereocenters. The number of phenolic OH excluding ortho intramolecular Hbond substituents is 2. The minimum absolute atomic E-state index is 0.101. The fraction of sp³-hybridized carbons (Fsp3) is 0.462. The third-order valence-corrected chi connectivity index (χ3v) is 9.55. The highest BCUT2D eigenvalue weighted by Gasteiger charge is 2.84. The number of piperidine rings is 1. The maximum atomic E-state index is 11.3. The van der Waals surface area contributed by atoms with E-state index in [9.17, 15) is 10.2 Å². The number of ether oxygens (including phenoxy) is 3. The van der Waals surface area contributed by atoms with Crippen LogP contribution < -0.4 is 9.47 Å². The number of methoxy groups -OCH3 is 2. The molecule has 6 aliphatic rings. The molecule has 2 N–H and O–H groups in total. The van der Waals surface area contributed by atoms with Crippen LogP contribution in [-0.2, 0) is 27.6 Å². The second-order valence-corrected chi connectivity index (χ2v) is 10.1. The summed E-state index contributed by atoms with van der Waals surface area (Å²) in [7, 11) is 5.50. The van der Waals surface area contributed by atoms with Crippen molar-refractivity contribution in [3.8, 4) is 23.0 Å². The fourth-order valence-corrected chi connectivity index (χ4v) is 8.44. The Morgan fingerprint density at radius 1 is 1.03 bits per heavy atom. The molecule has 1 saturated heterocycles. The molecule has 8 rings (SSSR count). The molecular weight excluding hydrogens is 406 g/mol. The van der Waals surface area contributed by atoms with E-state index in [4.69, 9.17) is 14.2 Å². The van der Waals surface area contributed by atoms with Gasteiger partial charge < -0.3 is 29.3 Å². The minimum Gasteiger partial charge on any atom is -0.508 e. The molecule has 2 heterocycles. The standard InChI is InChI=1S/C26H27NO5/c1-23-25-11-12-27(2)18(13-14-5-8-17(30-3)22(32-23)19(14)25)24(25)9-10-26(23,31-4)21-16(29)7-6-15(28)20(21)24/h5-10,18,28-29H,11-13H2,1-4H3/t18-,23+,24+,25+,26-/m1/s1. The highest BCUT2D eigenvalue weighted by molar-refractivity contribution is 5.76. The van der Waals surface area contributed by atoms with Crippen LogP contribution in [0, 0.1) is 0 Å². The Morgan fingerprint density at radius 2 is 1.78 bits per heavy atom. The summed E-state index contributed by atoms with van der Waals surface area (Å²) in [5, 5.41) is 22.5. The third-order valence-electron chi connectivity index (χ3n) is 9.55. The van der Waals surface area contributed by atoms with E-state index in [0.29, 0.717) is 11.3 Å². The third kappa shape index (κ3) is 1.47. The molecule has 0 radical (unpaired) electrons. The molecule has 4 bridgehead atoms. The van der Waals surface area contributed by atoms with Gasteiger partial charge in [-0.15, -0.1) is 0 Å². The quantitative estimate of drug-likeness (QED) is 0.560. The molecule has 2 aromatic carbocycles. The Balaban J connectivity index is 1.74. The minimum atomic E-state index is -1.06. The summed E-state index contributed by atoms with van der Waals surface area (Å²) >= 11 is 0. The van der Waals surface area contributed by atoms with Gasteiger partial charge in [0.25, 0.3) is 0 Å². The predicted octanol–water partition coefficient (Wildman–Crippen LogP) is 3.12. The van der Waals surface area contributed by atoms with Gasteiger partial charge in [0, 0.05) is 35.3 Å². The van der Waals surface area contributed by atoms with E-state index in [-0.39, 0.29) is 17.5 Å². The molecule has 2 aliphatic heterocycles. The summed E-state index contributed by atoms with van der Waals surface area (Å²) < 4.78 is 19.1. The Hall–Kier alpha value is -2.70. The van der Waals surface area contributed by atoms with E-state index >= 15 is 0 Å². The van der Waals surface area contributed by atoms with Gasteiger partial charge in [-0.2, -0.15) is 0 Å². The second-order valence-electron chi connectivity index (χ2n) is 10.1. The van der Waals surface area contributed by atoms with E-state index in [1.54, 1.807) is 26.4 Å². The van der Waals surface area contributed by atoms with Crippen LogP contribution in [-0.4, -0.2) is 54.6 Å². The molecule has 6 heteroatoms. The van der Waals surface area contributed by atoms with Crippen LogP contribution in [0.5, 0.6) is 23.0 Å². The second kappa shape index (κ2) is 5.26. The zero-order valence-electron chi connectivity index (χ0n) is 18.7. The molecule has 1 fully saturated rings. The van der Waals surface area contributed by atoms with Crippen molar-refractivity contribution in [1.29, 1.82) is 0 Å². The van der Waals surface area contributed by atoms with Crippen molar-refractivity contribution in [2.24, 2.45) is 0 Å². The Morgan fingerprint density at radius 3 is 2.50 bits per heavy atom. The van der Waals surface area contributed by atoms with E-state index < -0.39 is 22.0 Å². The summed E-state index contributed by atoms with van der Waals surface area (Å²) in [5.41, 5.74) is 0.898. The molecule has 2 aromatic rings. The number of aromatic hydroxyl groups is 2. The first kappa shape index (κ1) is 18.8. The van der Waals surface area contributed by atoms with E-state index in [1.807, 2.05) is 6.07 Å². The first-order valence-corrected chi connectivity index (χ1v) is 11.2. The van der Waals surface area contributed by atoms with Crippen molar-refractivity contribution in [1.82, 2.24) is 4.90 Å². The van der Waals surface area contributed by atoms with Gasteiger partial charge in [-0.3, -0.25) is 0 Å². The average Bonchev–Trinajstić information content (AvgIpc) is 3.08. The lowest BCUT2D eigenvalue weighted by Crippen LogP contribution is -2.82. The summed E-state index contributed by atoms with van der Waals surface area (Å²) in [6.45, 7) is 3.03. The van der Waals surface area contributed by atoms with E-state index in [1.165, 1.54) is 11.1 Å². The predicted molar refractivity (Wildman–Crippen MR) is 118 cm³/mol. The van der Waals surface area contributed by atoms with Gasteiger partial charge in [0.05, 0.1) is 12.5 Å². The largest absolute Gasteiger partial charge is 0.508 e. The Labute approximate surface area is 187 Å². The average molecular weight is 434 g/mol. The number of nitrogens with zero attached hydrogens (tertiary/aromatic N) is 1. The lowest BCUT2D eigenvalue weighted by atomic mass is 9.34. The molecule has 2 spiro atoms. The summed E-state index contributed by atoms with van der Waals surface area (Å²) in [6.07, 6.45) is 5.99. The molecule has 0 aromatic heterocycles. The molecule has 4 aliphatic carbocycles. The highest BCUT2D eigenvalue weighted by Crippen LogP contribution is 2.79. The van der Waals surface area contributed by atoms with Gasteiger partial charge in [0.2, 0.25) is 0 Å². The van der Waals surface area contributed by atoms with Crippen molar-refractivity contribution in [2.75, 3.05) is 27.8 Å². The van der Waals surface area contributed by atoms with Crippen LogP contribution in [0.4, 0.5) is 0 Å². The normalized spacial score (nSPS) is 39.4.